The number of benzene rings is 1. The fourth-order valence-electron chi connectivity index (χ4n) is 1.91. The first-order valence-corrected chi connectivity index (χ1v) is 8.13. The lowest BCUT2D eigenvalue weighted by Crippen LogP contribution is -1.95. The summed E-state index contributed by atoms with van der Waals surface area (Å²) in [4.78, 5) is 7.68. The number of rotatable bonds is 4. The van der Waals surface area contributed by atoms with Crippen LogP contribution in [0.25, 0.3) is 0 Å². The third-order valence-corrected chi connectivity index (χ3v) is 3.21. The minimum atomic E-state index is 0.0199. The van der Waals surface area contributed by atoms with Gasteiger partial charge < -0.3 is 9.47 Å². The van der Waals surface area contributed by atoms with Crippen LogP contribution in [0.1, 0.15) is 30.5 Å². The van der Waals surface area contributed by atoms with Gasteiger partial charge in [0, 0.05) is 19.3 Å². The fraction of sp³-hybridized carbons (Fsp3) is 0.353. The Hall–Kier alpha value is -1.87. The van der Waals surface area contributed by atoms with Crippen LogP contribution in [0.15, 0.2) is 18.2 Å². The van der Waals surface area contributed by atoms with Crippen LogP contribution in [0.4, 0.5) is 0 Å². The highest BCUT2D eigenvalue weighted by molar-refractivity contribution is 6.31. The Morgan fingerprint density at radius 3 is 2.04 bits per heavy atom. The maximum absolute atomic E-state index is 8.89. The summed E-state index contributed by atoms with van der Waals surface area (Å²) >= 11 is 11.5. The van der Waals surface area contributed by atoms with Crippen molar-refractivity contribution >= 4 is 23.2 Å². The molecule has 1 aromatic carbocycles. The maximum atomic E-state index is 8.89. The van der Waals surface area contributed by atoms with E-state index in [-0.39, 0.29) is 16.3 Å². The van der Waals surface area contributed by atoms with Crippen molar-refractivity contribution < 1.29 is 9.47 Å². The van der Waals surface area contributed by atoms with Gasteiger partial charge >= 0.3 is 0 Å². The molecule has 128 valence electrons. The van der Waals surface area contributed by atoms with Gasteiger partial charge in [-0.2, -0.15) is 10.2 Å². The van der Waals surface area contributed by atoms with Gasteiger partial charge in [0.05, 0.1) is 11.6 Å². The van der Waals surface area contributed by atoms with Crippen LogP contribution >= 0.6 is 23.2 Å². The highest BCUT2D eigenvalue weighted by Crippen LogP contribution is 2.30. The Bertz CT molecular complexity index is 685. The van der Waals surface area contributed by atoms with Crippen LogP contribution in [-0.2, 0) is 4.74 Å². The molecule has 0 bridgehead atoms. The maximum Gasteiger partial charge on any atom is 0.227 e. The number of halogens is 2. The van der Waals surface area contributed by atoms with E-state index >= 15 is 0 Å². The third kappa shape index (κ3) is 6.32. The van der Waals surface area contributed by atoms with Crippen LogP contribution in [0.5, 0.6) is 11.6 Å². The SMILES string of the molecule is CCOCC.Cc1cc(C#N)cc(C)c1Oc1cc(Cl)nc(Cl)n1. The van der Waals surface area contributed by atoms with Gasteiger partial charge in [-0.3, -0.25) is 0 Å². The van der Waals surface area contributed by atoms with Gasteiger partial charge in [-0.15, -0.1) is 0 Å². The molecule has 0 radical (unpaired) electrons. The van der Waals surface area contributed by atoms with Crippen molar-refractivity contribution in [1.29, 1.82) is 5.26 Å². The molecule has 2 aromatic rings. The molecule has 7 heteroatoms. The number of nitriles is 1. The van der Waals surface area contributed by atoms with E-state index in [1.807, 2.05) is 27.7 Å². The van der Waals surface area contributed by atoms with Crippen LogP contribution in [0.3, 0.4) is 0 Å². The highest BCUT2D eigenvalue weighted by atomic mass is 35.5. The molecule has 0 saturated carbocycles. The van der Waals surface area contributed by atoms with E-state index < -0.39 is 0 Å². The Morgan fingerprint density at radius 1 is 1.04 bits per heavy atom. The quantitative estimate of drug-likeness (QED) is 0.554. The molecule has 0 atom stereocenters. The van der Waals surface area contributed by atoms with Crippen molar-refractivity contribution in [3.8, 4) is 17.7 Å². The molecule has 1 heterocycles. The Morgan fingerprint density at radius 2 is 1.62 bits per heavy atom. The lowest BCUT2D eigenvalue weighted by molar-refractivity contribution is 0.162. The second-order valence-corrected chi connectivity index (χ2v) is 5.46. The zero-order chi connectivity index (χ0) is 18.1. The summed E-state index contributed by atoms with van der Waals surface area (Å²) in [5.74, 6) is 0.894. The van der Waals surface area contributed by atoms with E-state index in [4.69, 9.17) is 37.9 Å². The number of aromatic nitrogens is 2. The van der Waals surface area contributed by atoms with E-state index in [0.717, 1.165) is 24.3 Å². The fourth-order valence-corrected chi connectivity index (χ4v) is 2.30. The molecule has 0 aliphatic heterocycles. The average molecular weight is 368 g/mol. The molecular weight excluding hydrogens is 349 g/mol. The van der Waals surface area contributed by atoms with Gasteiger partial charge in [0.1, 0.15) is 10.9 Å². The summed E-state index contributed by atoms with van der Waals surface area (Å²) < 4.78 is 10.5. The molecule has 1 aromatic heterocycles. The average Bonchev–Trinajstić information content (AvgIpc) is 2.51. The number of ether oxygens (including phenoxy) is 2. The van der Waals surface area contributed by atoms with E-state index in [0.29, 0.717) is 11.3 Å². The summed E-state index contributed by atoms with van der Waals surface area (Å²) in [6, 6.07) is 7.06. The second-order valence-electron chi connectivity index (χ2n) is 4.73. The van der Waals surface area contributed by atoms with Crippen molar-refractivity contribution in [3.05, 3.63) is 45.3 Å². The predicted octanol–water partition coefficient (Wildman–Crippen LogP) is 5.11. The molecule has 0 aliphatic carbocycles. The Balaban J connectivity index is 0.000000505. The lowest BCUT2D eigenvalue weighted by atomic mass is 10.1. The first kappa shape index (κ1) is 20.2. The molecule has 0 amide bonds. The smallest absolute Gasteiger partial charge is 0.227 e. The monoisotopic (exact) mass is 367 g/mol. The van der Waals surface area contributed by atoms with Gasteiger partial charge in [0.15, 0.2) is 0 Å². The zero-order valence-electron chi connectivity index (χ0n) is 14.1. The predicted molar refractivity (Wildman–Crippen MR) is 94.9 cm³/mol. The van der Waals surface area contributed by atoms with Crippen molar-refractivity contribution in [1.82, 2.24) is 9.97 Å². The van der Waals surface area contributed by atoms with Crippen molar-refractivity contribution in [2.45, 2.75) is 27.7 Å². The first-order valence-electron chi connectivity index (χ1n) is 7.38. The highest BCUT2D eigenvalue weighted by Gasteiger charge is 2.10. The summed E-state index contributed by atoms with van der Waals surface area (Å²) in [5.41, 5.74) is 2.26. The summed E-state index contributed by atoms with van der Waals surface area (Å²) in [5, 5.41) is 9.12. The molecule has 0 saturated heterocycles. The molecule has 0 N–H and O–H groups in total. The number of nitrogens with zero attached hydrogens (tertiary/aromatic N) is 3. The number of hydrogen-bond donors (Lipinski definition) is 0. The summed E-state index contributed by atoms with van der Waals surface area (Å²) in [7, 11) is 0. The molecule has 0 unspecified atom stereocenters. The standard InChI is InChI=1S/C13H9Cl2N3O.C4H10O/c1-7-3-9(6-16)4-8(2)12(7)19-11-5-10(14)17-13(15)18-11;1-3-5-4-2/h3-5H,1-2H3;3-4H2,1-2H3. The van der Waals surface area contributed by atoms with E-state index in [9.17, 15) is 0 Å². The molecule has 0 spiro atoms. The topological polar surface area (TPSA) is 68.0 Å². The van der Waals surface area contributed by atoms with Gasteiger partial charge in [0.25, 0.3) is 0 Å². The molecule has 0 fully saturated rings. The van der Waals surface area contributed by atoms with E-state index in [1.165, 1.54) is 6.07 Å². The number of hydrogen-bond acceptors (Lipinski definition) is 5. The van der Waals surface area contributed by atoms with Crippen LogP contribution < -0.4 is 4.74 Å². The Kier molecular flexibility index (Phi) is 8.48. The van der Waals surface area contributed by atoms with E-state index in [1.54, 1.807) is 12.1 Å². The third-order valence-electron chi connectivity index (χ3n) is 2.85. The van der Waals surface area contributed by atoms with Crippen LogP contribution in [0, 0.1) is 25.2 Å². The molecule has 5 nitrogen and oxygen atoms in total. The first-order chi connectivity index (χ1) is 11.4. The number of aryl methyl sites for hydroxylation is 2. The van der Waals surface area contributed by atoms with E-state index in [2.05, 4.69) is 16.0 Å². The van der Waals surface area contributed by atoms with Gasteiger partial charge in [0.2, 0.25) is 11.2 Å². The van der Waals surface area contributed by atoms with Crippen molar-refractivity contribution in [2.24, 2.45) is 0 Å². The second kappa shape index (κ2) is 10.1. The van der Waals surface area contributed by atoms with Gasteiger partial charge in [-0.05, 0) is 62.6 Å². The lowest BCUT2D eigenvalue weighted by Gasteiger charge is -2.11. The van der Waals surface area contributed by atoms with Crippen molar-refractivity contribution in [2.75, 3.05) is 13.2 Å². The Labute approximate surface area is 152 Å². The summed E-state index contributed by atoms with van der Waals surface area (Å²) in [6.07, 6.45) is 0. The normalized spacial score (nSPS) is 9.71. The largest absolute Gasteiger partial charge is 0.438 e. The zero-order valence-corrected chi connectivity index (χ0v) is 15.6. The summed E-state index contributed by atoms with van der Waals surface area (Å²) in [6.45, 7) is 9.38. The molecule has 0 aliphatic rings. The molecule has 2 rings (SSSR count). The van der Waals surface area contributed by atoms with Gasteiger partial charge in [-0.25, -0.2) is 4.98 Å². The van der Waals surface area contributed by atoms with Crippen LogP contribution in [-0.4, -0.2) is 23.2 Å². The van der Waals surface area contributed by atoms with Gasteiger partial charge in [-0.1, -0.05) is 11.6 Å². The minimum Gasteiger partial charge on any atom is -0.438 e. The van der Waals surface area contributed by atoms with Crippen LogP contribution in [0.2, 0.25) is 10.4 Å². The minimum absolute atomic E-state index is 0.0199. The molecule has 24 heavy (non-hydrogen) atoms. The van der Waals surface area contributed by atoms with Crippen molar-refractivity contribution in [3.63, 3.8) is 0 Å². The molecular formula is C17H19Cl2N3O2.